The molecular formula is C26H41N3O2. The molecule has 1 aromatic carbocycles. The summed E-state index contributed by atoms with van der Waals surface area (Å²) in [7, 11) is 4.01. The number of amides is 1. The minimum atomic E-state index is -0.0299. The highest BCUT2D eigenvalue weighted by molar-refractivity contribution is 5.91. The van der Waals surface area contributed by atoms with Crippen LogP contribution in [0.4, 0.5) is 0 Å². The fourth-order valence-electron chi connectivity index (χ4n) is 5.18. The lowest BCUT2D eigenvalue weighted by atomic mass is 9.84. The summed E-state index contributed by atoms with van der Waals surface area (Å²) >= 11 is 0. The van der Waals surface area contributed by atoms with Gasteiger partial charge >= 0.3 is 0 Å². The number of hydrogen-bond acceptors (Lipinski definition) is 4. The summed E-state index contributed by atoms with van der Waals surface area (Å²) in [5.41, 5.74) is 0.992. The van der Waals surface area contributed by atoms with E-state index in [-0.39, 0.29) is 5.91 Å². The third-order valence-electron chi connectivity index (χ3n) is 7.22. The highest BCUT2D eigenvalue weighted by Crippen LogP contribution is 2.30. The Balaban J connectivity index is 1.29. The molecule has 1 N–H and O–H groups in total. The fourth-order valence-corrected chi connectivity index (χ4v) is 5.18. The lowest BCUT2D eigenvalue weighted by Gasteiger charge is -2.44. The van der Waals surface area contributed by atoms with Crippen LogP contribution in [0.1, 0.15) is 57.4 Å². The summed E-state index contributed by atoms with van der Waals surface area (Å²) in [5, 5.41) is 3.00. The molecule has 0 aromatic heterocycles. The van der Waals surface area contributed by atoms with Gasteiger partial charge in [-0.2, -0.15) is 0 Å². The van der Waals surface area contributed by atoms with E-state index >= 15 is 0 Å². The average Bonchev–Trinajstić information content (AvgIpc) is 2.81. The van der Waals surface area contributed by atoms with Gasteiger partial charge in [-0.25, -0.2) is 0 Å². The van der Waals surface area contributed by atoms with E-state index in [0.29, 0.717) is 0 Å². The number of carbonyl (C=O) groups is 1. The van der Waals surface area contributed by atoms with Crippen LogP contribution in [0.5, 0.6) is 5.75 Å². The zero-order valence-electron chi connectivity index (χ0n) is 19.7. The van der Waals surface area contributed by atoms with Crippen LogP contribution in [0.3, 0.4) is 0 Å². The Morgan fingerprint density at radius 3 is 2.55 bits per heavy atom. The van der Waals surface area contributed by atoms with Crippen molar-refractivity contribution >= 4 is 12.0 Å². The van der Waals surface area contributed by atoms with Gasteiger partial charge in [-0.15, -0.1) is 0 Å². The molecule has 0 bridgehead atoms. The first-order valence-electron chi connectivity index (χ1n) is 12.1. The van der Waals surface area contributed by atoms with Gasteiger partial charge in [0.05, 0.1) is 7.11 Å². The molecule has 1 saturated heterocycles. The molecule has 1 aromatic rings. The van der Waals surface area contributed by atoms with E-state index in [1.165, 1.54) is 51.6 Å². The van der Waals surface area contributed by atoms with E-state index in [9.17, 15) is 4.79 Å². The highest BCUT2D eigenvalue weighted by atomic mass is 16.5. The van der Waals surface area contributed by atoms with Crippen LogP contribution in [0.25, 0.3) is 6.08 Å². The van der Waals surface area contributed by atoms with Crippen molar-refractivity contribution in [2.24, 2.45) is 5.92 Å². The van der Waals surface area contributed by atoms with E-state index in [4.69, 9.17) is 4.74 Å². The van der Waals surface area contributed by atoms with Gasteiger partial charge in [0.2, 0.25) is 5.91 Å². The number of piperidine rings is 1. The third kappa shape index (κ3) is 7.36. The van der Waals surface area contributed by atoms with E-state index in [1.54, 1.807) is 13.2 Å². The molecule has 0 unspecified atom stereocenters. The van der Waals surface area contributed by atoms with E-state index < -0.39 is 0 Å². The molecule has 1 amide bonds. The van der Waals surface area contributed by atoms with Gasteiger partial charge in [-0.1, -0.05) is 31.9 Å². The van der Waals surface area contributed by atoms with Gasteiger partial charge in [0, 0.05) is 24.7 Å². The van der Waals surface area contributed by atoms with E-state index in [1.807, 2.05) is 30.3 Å². The summed E-state index contributed by atoms with van der Waals surface area (Å²) in [6, 6.07) is 9.20. The molecule has 31 heavy (non-hydrogen) atoms. The first-order chi connectivity index (χ1) is 15.1. The molecule has 5 nitrogen and oxygen atoms in total. The molecule has 0 spiro atoms. The van der Waals surface area contributed by atoms with Gasteiger partial charge in [0.1, 0.15) is 5.75 Å². The molecule has 2 fully saturated rings. The normalized spacial score (nSPS) is 23.4. The standard InChI is InChI=1S/C26H41N3O2/c1-21-7-4-5-8-25(21)28(2)23-15-19-29(20-16-23)18-6-17-27-26(30)14-11-22-9-12-24(31-3)13-10-22/h9-14,21,23,25H,4-8,15-20H2,1-3H3,(H,27,30)/b14-11+/t21-,25+/m1/s1. The zero-order chi connectivity index (χ0) is 22.1. The molecule has 1 heterocycles. The lowest BCUT2D eigenvalue weighted by molar-refractivity contribution is -0.116. The second-order valence-corrected chi connectivity index (χ2v) is 9.32. The summed E-state index contributed by atoms with van der Waals surface area (Å²) in [5.74, 6) is 1.64. The Kier molecular flexibility index (Phi) is 9.41. The van der Waals surface area contributed by atoms with E-state index in [2.05, 4.69) is 29.1 Å². The minimum Gasteiger partial charge on any atom is -0.497 e. The number of nitrogens with zero attached hydrogens (tertiary/aromatic N) is 2. The third-order valence-corrected chi connectivity index (χ3v) is 7.22. The smallest absolute Gasteiger partial charge is 0.243 e. The quantitative estimate of drug-likeness (QED) is 0.474. The van der Waals surface area contributed by atoms with Gasteiger partial charge < -0.3 is 19.9 Å². The molecule has 0 radical (unpaired) electrons. The van der Waals surface area contributed by atoms with Crippen LogP contribution in [-0.2, 0) is 4.79 Å². The van der Waals surface area contributed by atoms with Gasteiger partial charge in [-0.05, 0) is 88.5 Å². The molecule has 2 atom stereocenters. The Bertz CT molecular complexity index is 695. The Hall–Kier alpha value is -1.85. The topological polar surface area (TPSA) is 44.8 Å². The summed E-state index contributed by atoms with van der Waals surface area (Å²) < 4.78 is 5.15. The lowest BCUT2D eigenvalue weighted by Crippen LogP contribution is -2.50. The molecule has 3 rings (SSSR count). The monoisotopic (exact) mass is 427 g/mol. The minimum absolute atomic E-state index is 0.0299. The number of nitrogens with one attached hydrogen (secondary N) is 1. The molecule has 1 saturated carbocycles. The van der Waals surface area contributed by atoms with E-state index in [0.717, 1.165) is 48.8 Å². The van der Waals surface area contributed by atoms with Crippen molar-refractivity contribution in [3.05, 3.63) is 35.9 Å². The summed E-state index contributed by atoms with van der Waals surface area (Å²) in [4.78, 5) is 17.3. The van der Waals surface area contributed by atoms with Crippen LogP contribution in [0, 0.1) is 5.92 Å². The van der Waals surface area contributed by atoms with Crippen LogP contribution in [0.15, 0.2) is 30.3 Å². The Labute approximate surface area is 188 Å². The van der Waals surface area contributed by atoms with Crippen molar-refractivity contribution in [3.63, 3.8) is 0 Å². The molecule has 5 heteroatoms. The highest BCUT2D eigenvalue weighted by Gasteiger charge is 2.31. The number of carbonyl (C=O) groups excluding carboxylic acids is 1. The molecular weight excluding hydrogens is 386 g/mol. The number of benzene rings is 1. The van der Waals surface area contributed by atoms with Crippen molar-refractivity contribution in [3.8, 4) is 5.75 Å². The molecule has 2 aliphatic rings. The van der Waals surface area contributed by atoms with Crippen LogP contribution >= 0.6 is 0 Å². The summed E-state index contributed by atoms with van der Waals surface area (Å²) in [6.45, 7) is 6.60. The fraction of sp³-hybridized carbons (Fsp3) is 0.654. The first kappa shape index (κ1) is 23.8. The van der Waals surface area contributed by atoms with Crippen molar-refractivity contribution in [2.45, 2.75) is 64.0 Å². The maximum Gasteiger partial charge on any atom is 0.243 e. The maximum atomic E-state index is 12.0. The van der Waals surface area contributed by atoms with Gasteiger partial charge in [0.15, 0.2) is 0 Å². The van der Waals surface area contributed by atoms with Crippen molar-refractivity contribution in [1.82, 2.24) is 15.1 Å². The van der Waals surface area contributed by atoms with Crippen molar-refractivity contribution in [2.75, 3.05) is 40.3 Å². The number of hydrogen-bond donors (Lipinski definition) is 1. The van der Waals surface area contributed by atoms with Crippen LogP contribution < -0.4 is 10.1 Å². The average molecular weight is 428 g/mol. The molecule has 1 aliphatic heterocycles. The van der Waals surface area contributed by atoms with Crippen molar-refractivity contribution < 1.29 is 9.53 Å². The SMILES string of the molecule is COc1ccc(/C=C/C(=O)NCCCN2CCC(N(C)[C@H]3CCCC[C@H]3C)CC2)cc1. The number of rotatable bonds is 9. The Morgan fingerprint density at radius 1 is 1.16 bits per heavy atom. The number of likely N-dealkylation sites (tertiary alicyclic amines) is 1. The van der Waals surface area contributed by atoms with Crippen LogP contribution in [-0.4, -0.2) is 68.1 Å². The predicted octanol–water partition coefficient (Wildman–Crippen LogP) is 4.19. The second-order valence-electron chi connectivity index (χ2n) is 9.32. The molecule has 1 aliphatic carbocycles. The van der Waals surface area contributed by atoms with Gasteiger partial charge in [0.25, 0.3) is 0 Å². The number of ether oxygens (including phenoxy) is 1. The largest absolute Gasteiger partial charge is 0.497 e. The number of methoxy groups -OCH3 is 1. The maximum absolute atomic E-state index is 12.0. The molecule has 172 valence electrons. The predicted molar refractivity (Wildman–Crippen MR) is 128 cm³/mol. The first-order valence-corrected chi connectivity index (χ1v) is 12.1. The second kappa shape index (κ2) is 12.3. The zero-order valence-corrected chi connectivity index (χ0v) is 19.7. The van der Waals surface area contributed by atoms with Crippen molar-refractivity contribution in [1.29, 1.82) is 0 Å². The Morgan fingerprint density at radius 2 is 1.87 bits per heavy atom. The van der Waals surface area contributed by atoms with Gasteiger partial charge in [-0.3, -0.25) is 4.79 Å². The van der Waals surface area contributed by atoms with Crippen LogP contribution in [0.2, 0.25) is 0 Å². The summed E-state index contributed by atoms with van der Waals surface area (Å²) in [6.07, 6.45) is 12.6.